The summed E-state index contributed by atoms with van der Waals surface area (Å²) in [6.45, 7) is 0.346. The van der Waals surface area contributed by atoms with Crippen molar-refractivity contribution in [1.29, 1.82) is 0 Å². The Morgan fingerprint density at radius 1 is 1.27 bits per heavy atom. The number of esters is 1. The van der Waals surface area contributed by atoms with Crippen molar-refractivity contribution in [3.8, 4) is 0 Å². The molecule has 0 aromatic heterocycles. The lowest BCUT2D eigenvalue weighted by Gasteiger charge is -2.30. The van der Waals surface area contributed by atoms with Gasteiger partial charge in [0.25, 0.3) is 0 Å². The van der Waals surface area contributed by atoms with E-state index in [1.165, 1.54) is 11.4 Å². The fourth-order valence-electron chi connectivity index (χ4n) is 3.34. The first-order chi connectivity index (χ1) is 12.3. The van der Waals surface area contributed by atoms with Gasteiger partial charge in [0.2, 0.25) is 5.91 Å². The van der Waals surface area contributed by atoms with Crippen LogP contribution >= 0.6 is 11.6 Å². The first-order valence-corrected chi connectivity index (χ1v) is 10.3. The van der Waals surface area contributed by atoms with Crippen LogP contribution < -0.4 is 4.72 Å². The molecule has 2 aliphatic rings. The van der Waals surface area contributed by atoms with Crippen molar-refractivity contribution < 1.29 is 22.7 Å². The summed E-state index contributed by atoms with van der Waals surface area (Å²) < 4.78 is 33.2. The number of benzene rings is 1. The molecule has 1 aliphatic carbocycles. The number of rotatable bonds is 5. The van der Waals surface area contributed by atoms with Gasteiger partial charge in [-0.1, -0.05) is 23.7 Å². The molecule has 9 heteroatoms. The van der Waals surface area contributed by atoms with Crippen molar-refractivity contribution in [1.82, 2.24) is 9.03 Å². The van der Waals surface area contributed by atoms with Crippen LogP contribution in [0.4, 0.5) is 0 Å². The van der Waals surface area contributed by atoms with Gasteiger partial charge in [-0.15, -0.1) is 0 Å². The van der Waals surface area contributed by atoms with Crippen molar-refractivity contribution in [3.63, 3.8) is 0 Å². The van der Waals surface area contributed by atoms with Crippen LogP contribution in [0.1, 0.15) is 31.2 Å². The molecule has 26 heavy (non-hydrogen) atoms. The van der Waals surface area contributed by atoms with Crippen LogP contribution in [0.25, 0.3) is 0 Å². The molecule has 142 valence electrons. The zero-order valence-corrected chi connectivity index (χ0v) is 16.0. The molecule has 1 heterocycles. The number of hydrogen-bond donors (Lipinski definition) is 1. The molecule has 0 radical (unpaired) electrons. The summed E-state index contributed by atoms with van der Waals surface area (Å²) in [5, 5.41) is 0.509. The van der Waals surface area contributed by atoms with Gasteiger partial charge in [-0.3, -0.25) is 9.59 Å². The Kier molecular flexibility index (Phi) is 5.28. The third-order valence-corrected chi connectivity index (χ3v) is 6.84. The lowest BCUT2D eigenvalue weighted by atomic mass is 9.95. The summed E-state index contributed by atoms with van der Waals surface area (Å²) in [6.07, 6.45) is 1.92. The predicted octanol–water partition coefficient (Wildman–Crippen LogP) is 1.62. The van der Waals surface area contributed by atoms with Crippen LogP contribution in [0.3, 0.4) is 0 Å². The second-order valence-electron chi connectivity index (χ2n) is 6.73. The monoisotopic (exact) mass is 400 g/mol. The van der Waals surface area contributed by atoms with E-state index in [0.717, 1.165) is 5.56 Å². The fourth-order valence-corrected chi connectivity index (χ4v) is 4.78. The van der Waals surface area contributed by atoms with Crippen LogP contribution in [-0.2, 0) is 30.0 Å². The van der Waals surface area contributed by atoms with E-state index in [2.05, 4.69) is 4.72 Å². The van der Waals surface area contributed by atoms with Crippen molar-refractivity contribution in [3.05, 3.63) is 34.9 Å². The average molecular weight is 401 g/mol. The van der Waals surface area contributed by atoms with Gasteiger partial charge in [0, 0.05) is 18.1 Å². The number of amides is 1. The highest BCUT2D eigenvalue weighted by atomic mass is 35.5. The number of methoxy groups -OCH3 is 1. The zero-order valence-electron chi connectivity index (χ0n) is 14.4. The first-order valence-electron chi connectivity index (χ1n) is 8.45. The van der Waals surface area contributed by atoms with E-state index in [-0.39, 0.29) is 25.0 Å². The van der Waals surface area contributed by atoms with Crippen molar-refractivity contribution in [2.45, 2.75) is 31.1 Å². The van der Waals surface area contributed by atoms with Crippen LogP contribution in [0.2, 0.25) is 5.02 Å². The van der Waals surface area contributed by atoms with E-state index in [0.29, 0.717) is 30.7 Å². The smallest absolute Gasteiger partial charge is 0.308 e. The van der Waals surface area contributed by atoms with Gasteiger partial charge < -0.3 is 4.74 Å². The number of carbonyl (C=O) groups excluding carboxylic acids is 2. The first kappa shape index (κ1) is 19.1. The Morgan fingerprint density at radius 2 is 1.92 bits per heavy atom. The molecule has 1 aromatic rings. The van der Waals surface area contributed by atoms with Gasteiger partial charge in [-0.2, -0.15) is 12.7 Å². The molecular weight excluding hydrogens is 380 g/mol. The third kappa shape index (κ3) is 3.72. The van der Waals surface area contributed by atoms with Crippen LogP contribution in [0, 0.1) is 5.92 Å². The zero-order chi connectivity index (χ0) is 18.9. The number of ether oxygens (including phenoxy) is 1. The molecule has 2 fully saturated rings. The van der Waals surface area contributed by atoms with Gasteiger partial charge in [0.05, 0.1) is 18.4 Å². The molecule has 1 amide bonds. The molecule has 1 aromatic carbocycles. The number of halogens is 1. The molecule has 3 rings (SSSR count). The molecule has 0 unspecified atom stereocenters. The molecule has 0 spiro atoms. The van der Waals surface area contributed by atoms with Gasteiger partial charge >= 0.3 is 16.2 Å². The van der Waals surface area contributed by atoms with E-state index in [4.69, 9.17) is 16.3 Å². The Morgan fingerprint density at radius 3 is 2.46 bits per heavy atom. The molecule has 0 bridgehead atoms. The highest BCUT2D eigenvalue weighted by Crippen LogP contribution is 2.49. The fraction of sp³-hybridized carbons (Fsp3) is 0.529. The summed E-state index contributed by atoms with van der Waals surface area (Å²) in [7, 11) is -2.63. The predicted molar refractivity (Wildman–Crippen MR) is 95.7 cm³/mol. The summed E-state index contributed by atoms with van der Waals surface area (Å²) in [5.41, 5.74) is -0.107. The van der Waals surface area contributed by atoms with Gasteiger partial charge in [-0.05, 0) is 43.4 Å². The normalized spacial score (nSPS) is 20.4. The quantitative estimate of drug-likeness (QED) is 0.758. The summed E-state index contributed by atoms with van der Waals surface area (Å²) >= 11 is 5.99. The minimum absolute atomic E-state index is 0.173. The van der Waals surface area contributed by atoms with Crippen LogP contribution in [0.15, 0.2) is 24.3 Å². The van der Waals surface area contributed by atoms with Crippen molar-refractivity contribution in [2.75, 3.05) is 20.2 Å². The van der Waals surface area contributed by atoms with Crippen molar-refractivity contribution >= 4 is 33.7 Å². The average Bonchev–Trinajstić information content (AvgIpc) is 3.43. The minimum atomic E-state index is -3.95. The molecule has 7 nitrogen and oxygen atoms in total. The Labute approximate surface area is 157 Å². The third-order valence-electron chi connectivity index (χ3n) is 5.11. The van der Waals surface area contributed by atoms with E-state index in [1.807, 2.05) is 0 Å². The lowest BCUT2D eigenvalue weighted by molar-refractivity contribution is -0.146. The summed E-state index contributed by atoms with van der Waals surface area (Å²) in [5.74, 6) is -1.16. The SMILES string of the molecule is COC(=O)C1CCN(S(=O)(=O)NC(=O)C2(c3cccc(Cl)c3)CC2)CC1. The maximum Gasteiger partial charge on any atom is 0.308 e. The second-order valence-corrected chi connectivity index (χ2v) is 8.83. The topological polar surface area (TPSA) is 92.8 Å². The number of carbonyl (C=O) groups is 2. The Balaban J connectivity index is 1.67. The van der Waals surface area contributed by atoms with Crippen LogP contribution in [0.5, 0.6) is 0 Å². The van der Waals surface area contributed by atoms with Crippen molar-refractivity contribution in [2.24, 2.45) is 5.92 Å². The number of hydrogen-bond acceptors (Lipinski definition) is 5. The standard InChI is InChI=1S/C17H21ClN2O5S/c1-25-15(21)12-5-9-20(10-6-12)26(23,24)19-16(22)17(7-8-17)13-3-2-4-14(18)11-13/h2-4,11-12H,5-10H2,1H3,(H,19,22). The largest absolute Gasteiger partial charge is 0.469 e. The minimum Gasteiger partial charge on any atom is -0.469 e. The number of nitrogens with zero attached hydrogens (tertiary/aromatic N) is 1. The second kappa shape index (κ2) is 7.17. The highest BCUT2D eigenvalue weighted by molar-refractivity contribution is 7.87. The van der Waals surface area contributed by atoms with E-state index in [1.54, 1.807) is 24.3 Å². The summed E-state index contributed by atoms with van der Waals surface area (Å²) in [4.78, 5) is 24.2. The molecule has 1 N–H and O–H groups in total. The molecule has 1 saturated heterocycles. The lowest BCUT2D eigenvalue weighted by Crippen LogP contribution is -2.50. The maximum absolute atomic E-state index is 12.7. The van der Waals surface area contributed by atoms with Gasteiger partial charge in [0.1, 0.15) is 0 Å². The van der Waals surface area contributed by atoms with E-state index >= 15 is 0 Å². The van der Waals surface area contributed by atoms with Gasteiger partial charge in [-0.25, -0.2) is 4.72 Å². The summed E-state index contributed by atoms with van der Waals surface area (Å²) in [6, 6.07) is 6.94. The number of piperidine rings is 1. The molecule has 0 atom stereocenters. The van der Waals surface area contributed by atoms with Crippen LogP contribution in [-0.4, -0.2) is 44.8 Å². The molecule has 1 aliphatic heterocycles. The maximum atomic E-state index is 12.7. The molecular formula is C17H21ClN2O5S. The van der Waals surface area contributed by atoms with E-state index in [9.17, 15) is 18.0 Å². The number of nitrogens with one attached hydrogen (secondary N) is 1. The Hall–Kier alpha value is -1.64. The van der Waals surface area contributed by atoms with E-state index < -0.39 is 21.5 Å². The highest BCUT2D eigenvalue weighted by Gasteiger charge is 2.52. The molecule has 1 saturated carbocycles. The van der Waals surface area contributed by atoms with Gasteiger partial charge in [0.15, 0.2) is 0 Å². The Bertz CT molecular complexity index is 814.